The molecule has 2 heterocycles. The van der Waals surface area contributed by atoms with E-state index in [4.69, 9.17) is 9.15 Å². The molecule has 5 heteroatoms. The van der Waals surface area contributed by atoms with Crippen LogP contribution in [0.5, 0.6) is 5.75 Å². The average Bonchev–Trinajstić information content (AvgIpc) is 3.26. The normalized spacial score (nSPS) is 14.6. The summed E-state index contributed by atoms with van der Waals surface area (Å²) in [7, 11) is 0. The van der Waals surface area contributed by atoms with E-state index in [1.165, 1.54) is 24.1 Å². The van der Waals surface area contributed by atoms with Gasteiger partial charge in [-0.15, -0.1) is 0 Å². The lowest BCUT2D eigenvalue weighted by Gasteiger charge is -2.06. The van der Waals surface area contributed by atoms with Crippen molar-refractivity contribution < 1.29 is 18.7 Å². The van der Waals surface area contributed by atoms with Crippen LogP contribution in [0.2, 0.25) is 0 Å². The quantitative estimate of drug-likeness (QED) is 0.385. The Morgan fingerprint density at radius 1 is 1.00 bits per heavy atom. The number of fused-ring (bicyclic) bond motifs is 1. The number of hydrogen-bond donors (Lipinski definition) is 0. The standard InChI is InChI=1S/C20H12O4S/c21-19-14-7-2-4-10-17(14)25-18(19)12-13-6-1-3-8-15(13)24-20(22)16-9-5-11-23-16/h1-12H. The van der Waals surface area contributed by atoms with Crippen molar-refractivity contribution in [2.45, 2.75) is 4.90 Å². The first-order valence-electron chi connectivity index (χ1n) is 7.60. The Labute approximate surface area is 148 Å². The van der Waals surface area contributed by atoms with Crippen LogP contribution in [0.15, 0.2) is 81.1 Å². The van der Waals surface area contributed by atoms with Crippen LogP contribution >= 0.6 is 11.8 Å². The summed E-state index contributed by atoms with van der Waals surface area (Å²) in [6, 6.07) is 17.7. The maximum Gasteiger partial charge on any atom is 0.379 e. The van der Waals surface area contributed by atoms with Crippen LogP contribution in [0.4, 0.5) is 0 Å². The molecule has 0 aliphatic carbocycles. The molecule has 0 spiro atoms. The van der Waals surface area contributed by atoms with Gasteiger partial charge in [-0.2, -0.15) is 0 Å². The molecule has 0 atom stereocenters. The zero-order valence-electron chi connectivity index (χ0n) is 13.0. The molecule has 2 aromatic carbocycles. The molecule has 0 amide bonds. The molecule has 0 fully saturated rings. The summed E-state index contributed by atoms with van der Waals surface area (Å²) in [6.45, 7) is 0. The summed E-state index contributed by atoms with van der Waals surface area (Å²) < 4.78 is 10.5. The number of allylic oxidation sites excluding steroid dienone is 1. The van der Waals surface area contributed by atoms with Crippen LogP contribution < -0.4 is 4.74 Å². The summed E-state index contributed by atoms with van der Waals surface area (Å²) in [6.07, 6.45) is 3.16. The van der Waals surface area contributed by atoms with Gasteiger partial charge in [0.25, 0.3) is 0 Å². The van der Waals surface area contributed by atoms with Gasteiger partial charge >= 0.3 is 5.97 Å². The first-order valence-corrected chi connectivity index (χ1v) is 8.42. The van der Waals surface area contributed by atoms with Crippen molar-refractivity contribution in [2.75, 3.05) is 0 Å². The molecule has 1 aliphatic heterocycles. The third kappa shape index (κ3) is 3.02. The molecule has 0 N–H and O–H groups in total. The molecular formula is C20H12O4S. The summed E-state index contributed by atoms with van der Waals surface area (Å²) in [5.41, 5.74) is 1.36. The Bertz CT molecular complexity index is 986. The lowest BCUT2D eigenvalue weighted by molar-refractivity contribution is 0.0701. The van der Waals surface area contributed by atoms with Gasteiger partial charge in [0, 0.05) is 16.0 Å². The van der Waals surface area contributed by atoms with E-state index in [0.717, 1.165) is 4.90 Å². The molecule has 122 valence electrons. The van der Waals surface area contributed by atoms with Gasteiger partial charge in [0.1, 0.15) is 5.75 Å². The zero-order chi connectivity index (χ0) is 17.2. The fraction of sp³-hybridized carbons (Fsp3) is 0. The highest BCUT2D eigenvalue weighted by Crippen LogP contribution is 2.41. The molecule has 0 bridgehead atoms. The molecular weight excluding hydrogens is 336 g/mol. The number of Topliss-reactive ketones (excluding diaryl/α,β-unsaturated/α-hetero) is 1. The second kappa shape index (κ2) is 6.45. The minimum absolute atomic E-state index is 0.0206. The highest BCUT2D eigenvalue weighted by Gasteiger charge is 2.25. The number of hydrogen-bond acceptors (Lipinski definition) is 5. The molecule has 1 aliphatic rings. The summed E-state index contributed by atoms with van der Waals surface area (Å²) in [5.74, 6) is -0.0979. The van der Waals surface area contributed by atoms with Crippen LogP contribution in [0.25, 0.3) is 6.08 Å². The number of para-hydroxylation sites is 1. The number of furan rings is 1. The first kappa shape index (κ1) is 15.5. The van der Waals surface area contributed by atoms with Gasteiger partial charge in [0.2, 0.25) is 11.5 Å². The minimum Gasteiger partial charge on any atom is -0.457 e. The second-order valence-electron chi connectivity index (χ2n) is 5.34. The lowest BCUT2D eigenvalue weighted by Crippen LogP contribution is -2.08. The van der Waals surface area contributed by atoms with Crippen molar-refractivity contribution in [2.24, 2.45) is 0 Å². The van der Waals surface area contributed by atoms with Crippen LogP contribution in [0.3, 0.4) is 0 Å². The van der Waals surface area contributed by atoms with Crippen LogP contribution in [0, 0.1) is 0 Å². The molecule has 4 nitrogen and oxygen atoms in total. The zero-order valence-corrected chi connectivity index (χ0v) is 13.8. The highest BCUT2D eigenvalue weighted by molar-refractivity contribution is 8.04. The second-order valence-corrected chi connectivity index (χ2v) is 6.42. The van der Waals surface area contributed by atoms with Gasteiger partial charge in [0.15, 0.2) is 0 Å². The highest BCUT2D eigenvalue weighted by atomic mass is 32.2. The van der Waals surface area contributed by atoms with Gasteiger partial charge in [-0.05, 0) is 36.4 Å². The Morgan fingerprint density at radius 2 is 1.80 bits per heavy atom. The van der Waals surface area contributed by atoms with Crippen LogP contribution in [-0.2, 0) is 0 Å². The predicted molar refractivity (Wildman–Crippen MR) is 94.7 cm³/mol. The monoisotopic (exact) mass is 348 g/mol. The van der Waals surface area contributed by atoms with E-state index >= 15 is 0 Å². The molecule has 3 aromatic rings. The predicted octanol–water partition coefficient (Wildman–Crippen LogP) is 4.83. The number of rotatable bonds is 3. The van der Waals surface area contributed by atoms with Crippen molar-refractivity contribution in [1.82, 2.24) is 0 Å². The summed E-state index contributed by atoms with van der Waals surface area (Å²) in [4.78, 5) is 26.1. The molecule has 1 aromatic heterocycles. The number of benzene rings is 2. The minimum atomic E-state index is -0.579. The van der Waals surface area contributed by atoms with E-state index in [1.807, 2.05) is 30.3 Å². The fourth-order valence-electron chi connectivity index (χ4n) is 2.51. The van der Waals surface area contributed by atoms with E-state index < -0.39 is 5.97 Å². The number of carbonyl (C=O) groups excluding carboxylic acids is 2. The summed E-state index contributed by atoms with van der Waals surface area (Å²) in [5, 5.41) is 0. The summed E-state index contributed by atoms with van der Waals surface area (Å²) >= 11 is 1.42. The lowest BCUT2D eigenvalue weighted by atomic mass is 10.1. The molecule has 0 radical (unpaired) electrons. The Kier molecular flexibility index (Phi) is 3.99. The number of thioether (sulfide) groups is 1. The number of ether oxygens (including phenoxy) is 1. The molecule has 25 heavy (non-hydrogen) atoms. The fourth-order valence-corrected chi connectivity index (χ4v) is 3.56. The smallest absolute Gasteiger partial charge is 0.379 e. The van der Waals surface area contributed by atoms with E-state index in [-0.39, 0.29) is 11.5 Å². The van der Waals surface area contributed by atoms with Crippen LogP contribution in [0.1, 0.15) is 26.5 Å². The van der Waals surface area contributed by atoms with Crippen LogP contribution in [-0.4, -0.2) is 11.8 Å². The Hall–Kier alpha value is -3.05. The Balaban J connectivity index is 1.64. The van der Waals surface area contributed by atoms with Crippen molar-refractivity contribution in [3.8, 4) is 5.75 Å². The molecule has 0 unspecified atom stereocenters. The first-order chi connectivity index (χ1) is 12.2. The van der Waals surface area contributed by atoms with Gasteiger partial charge in [0.05, 0.1) is 11.2 Å². The number of carbonyl (C=O) groups is 2. The number of esters is 1. The maximum absolute atomic E-state index is 12.5. The maximum atomic E-state index is 12.5. The van der Waals surface area contributed by atoms with Gasteiger partial charge < -0.3 is 9.15 Å². The van der Waals surface area contributed by atoms with Gasteiger partial charge in [-0.1, -0.05) is 42.1 Å². The van der Waals surface area contributed by atoms with Gasteiger partial charge in [-0.3, -0.25) is 4.79 Å². The third-order valence-electron chi connectivity index (χ3n) is 3.71. The third-order valence-corrected chi connectivity index (χ3v) is 4.81. The Morgan fingerprint density at radius 3 is 2.60 bits per heavy atom. The van der Waals surface area contributed by atoms with Crippen molar-refractivity contribution in [3.05, 3.63) is 88.7 Å². The van der Waals surface area contributed by atoms with Crippen molar-refractivity contribution in [3.63, 3.8) is 0 Å². The van der Waals surface area contributed by atoms with Crippen molar-refractivity contribution in [1.29, 1.82) is 0 Å². The van der Waals surface area contributed by atoms with E-state index in [9.17, 15) is 9.59 Å². The van der Waals surface area contributed by atoms with E-state index in [2.05, 4.69) is 0 Å². The van der Waals surface area contributed by atoms with E-state index in [1.54, 1.807) is 30.3 Å². The number of ketones is 1. The van der Waals surface area contributed by atoms with Crippen molar-refractivity contribution >= 4 is 29.6 Å². The van der Waals surface area contributed by atoms with E-state index in [0.29, 0.717) is 21.8 Å². The average molecular weight is 348 g/mol. The topological polar surface area (TPSA) is 56.5 Å². The molecule has 0 saturated carbocycles. The molecule has 0 saturated heterocycles. The SMILES string of the molecule is O=C(Oc1ccccc1C=C1Sc2ccccc2C1=O)c1ccco1. The molecule has 4 rings (SSSR count). The van der Waals surface area contributed by atoms with Gasteiger partial charge in [-0.25, -0.2) is 4.79 Å². The largest absolute Gasteiger partial charge is 0.457 e.